The number of benzene rings is 5. The van der Waals surface area contributed by atoms with Crippen molar-refractivity contribution in [1.29, 1.82) is 0 Å². The van der Waals surface area contributed by atoms with Crippen LogP contribution in [0.1, 0.15) is 64.5 Å². The van der Waals surface area contributed by atoms with E-state index in [2.05, 4.69) is 146 Å². The van der Waals surface area contributed by atoms with Gasteiger partial charge in [0.1, 0.15) is 23.0 Å². The first-order chi connectivity index (χ1) is 32.4. The van der Waals surface area contributed by atoms with Crippen molar-refractivity contribution in [3.05, 3.63) is 177 Å². The van der Waals surface area contributed by atoms with Gasteiger partial charge in [-0.05, 0) is 165 Å². The first kappa shape index (κ1) is 48.2. The largest absolute Gasteiger partial charge is 0.497 e. The number of allylic oxidation sites excluding steroid dienone is 7. The number of ether oxygens (including phenoxy) is 5. The fourth-order valence-electron chi connectivity index (χ4n) is 9.60. The minimum atomic E-state index is -0.392. The zero-order valence-electron chi connectivity index (χ0n) is 40.0. The highest BCUT2D eigenvalue weighted by molar-refractivity contribution is 7.97. The van der Waals surface area contributed by atoms with Crippen molar-refractivity contribution in [2.75, 3.05) is 59.6 Å². The molecule has 0 spiro atoms. The van der Waals surface area contributed by atoms with Gasteiger partial charge in [0.2, 0.25) is 5.69 Å². The van der Waals surface area contributed by atoms with Crippen LogP contribution < -0.4 is 19.1 Å². The van der Waals surface area contributed by atoms with E-state index >= 15 is 0 Å². The van der Waals surface area contributed by atoms with Gasteiger partial charge in [-0.25, -0.2) is 0 Å². The lowest BCUT2D eigenvalue weighted by Gasteiger charge is -2.27. The highest BCUT2D eigenvalue weighted by atomic mass is 35.5. The van der Waals surface area contributed by atoms with Gasteiger partial charge in [-0.15, -0.1) is 0 Å². The molecule has 7 nitrogen and oxygen atoms in total. The second-order valence-electron chi connectivity index (χ2n) is 18.1. The Bertz CT molecular complexity index is 2690. The summed E-state index contributed by atoms with van der Waals surface area (Å²) >= 11 is 12.7. The van der Waals surface area contributed by atoms with Gasteiger partial charge in [0.05, 0.1) is 37.1 Å². The van der Waals surface area contributed by atoms with Crippen LogP contribution in [0.4, 0.5) is 11.4 Å². The number of fused-ring (bicyclic) bond motifs is 2. The van der Waals surface area contributed by atoms with Gasteiger partial charge in [-0.3, -0.25) is 0 Å². The van der Waals surface area contributed by atoms with Gasteiger partial charge in [0, 0.05) is 78.3 Å². The molecule has 348 valence electrons. The Labute approximate surface area is 410 Å². The van der Waals surface area contributed by atoms with E-state index in [1.54, 1.807) is 28.4 Å². The average Bonchev–Trinajstić information content (AvgIpc) is 3.88. The molecule has 2 heterocycles. The summed E-state index contributed by atoms with van der Waals surface area (Å²) in [6.07, 6.45) is 12.7. The Hall–Kier alpha value is -5.22. The van der Waals surface area contributed by atoms with Crippen LogP contribution in [0.3, 0.4) is 0 Å². The van der Waals surface area contributed by atoms with Crippen LogP contribution in [-0.2, 0) is 31.2 Å². The third-order valence-corrected chi connectivity index (χ3v) is 15.9. The quantitative estimate of drug-likeness (QED) is 0.0495. The highest BCUT2D eigenvalue weighted by Gasteiger charge is 2.45. The molecule has 0 atom stereocenters. The van der Waals surface area contributed by atoms with Crippen LogP contribution in [0.25, 0.3) is 0 Å². The van der Waals surface area contributed by atoms with Crippen molar-refractivity contribution in [3.8, 4) is 17.2 Å². The number of nitrogens with zero attached hydrogens (tertiary/aromatic N) is 2. The van der Waals surface area contributed by atoms with Crippen molar-refractivity contribution < 1.29 is 28.3 Å². The van der Waals surface area contributed by atoms with Gasteiger partial charge < -0.3 is 28.6 Å². The highest BCUT2D eigenvalue weighted by Crippen LogP contribution is 2.50. The van der Waals surface area contributed by atoms with Crippen LogP contribution in [0.15, 0.2) is 171 Å². The SMILES string of the molecule is COCCCN1/C(=C/C=C2\CCC(/C=C/C3=[N+](CCCOC)c4ccc(OC)cc4C3(C)C)=C2Oc2ccc([S+](c3ccc(Cl)cc3)c3ccc(Cl)cc3)cc2)C(C)(C)c2cc(OC)ccc21. The standard InChI is InChI=1S/C57H62Cl2N2O5S/c1-56(2)49-37-44(64-7)21-29-51(49)60(33-9-35-62-5)53(56)31-13-39-11-12-40(14-32-54-57(3,4)50-38-45(65-8)22-30-52(50)61(54)34-10-36-63-6)55(39)66-43-19-27-48(28-20-43)67(46-23-15-41(58)16-24-46)47-25-17-42(59)18-26-47/h13-32,37-38H,9-12,33-36H2,1-8H3/q+2. The van der Waals surface area contributed by atoms with E-state index < -0.39 is 10.9 Å². The van der Waals surface area contributed by atoms with E-state index in [-0.39, 0.29) is 10.8 Å². The van der Waals surface area contributed by atoms with E-state index in [1.807, 2.05) is 24.3 Å². The Morgan fingerprint density at radius 3 is 1.81 bits per heavy atom. The smallest absolute Gasteiger partial charge is 0.210 e. The van der Waals surface area contributed by atoms with E-state index in [0.717, 1.165) is 77.8 Å². The molecule has 0 unspecified atom stereocenters. The molecule has 0 amide bonds. The monoisotopic (exact) mass is 956 g/mol. The molecule has 0 radical (unpaired) electrons. The number of halogens is 2. The van der Waals surface area contributed by atoms with E-state index in [1.165, 1.54) is 43.7 Å². The number of anilines is 1. The maximum absolute atomic E-state index is 7.11. The molecule has 0 fully saturated rings. The molecule has 0 bridgehead atoms. The van der Waals surface area contributed by atoms with Crippen molar-refractivity contribution in [3.63, 3.8) is 0 Å². The van der Waals surface area contributed by atoms with E-state index in [0.29, 0.717) is 23.3 Å². The van der Waals surface area contributed by atoms with Crippen LogP contribution in [0.2, 0.25) is 10.0 Å². The van der Waals surface area contributed by atoms with Gasteiger partial charge in [-0.1, -0.05) is 43.1 Å². The lowest BCUT2D eigenvalue weighted by atomic mass is 9.81. The molecule has 5 aromatic rings. The Kier molecular flexibility index (Phi) is 15.1. The van der Waals surface area contributed by atoms with Crippen molar-refractivity contribution in [2.45, 2.75) is 78.9 Å². The van der Waals surface area contributed by atoms with Crippen molar-refractivity contribution >= 4 is 51.2 Å². The predicted octanol–water partition coefficient (Wildman–Crippen LogP) is 13.8. The molecule has 0 aromatic heterocycles. The molecule has 67 heavy (non-hydrogen) atoms. The molecular weight excluding hydrogens is 896 g/mol. The summed E-state index contributed by atoms with van der Waals surface area (Å²) in [5, 5.41) is 1.42. The number of methoxy groups -OCH3 is 4. The van der Waals surface area contributed by atoms with E-state index in [4.69, 9.17) is 46.9 Å². The average molecular weight is 958 g/mol. The molecule has 3 aliphatic rings. The van der Waals surface area contributed by atoms with Crippen molar-refractivity contribution in [2.24, 2.45) is 0 Å². The summed E-state index contributed by atoms with van der Waals surface area (Å²) in [5.74, 6) is 3.38. The molecule has 0 saturated carbocycles. The fraction of sp³-hybridized carbons (Fsp3) is 0.316. The first-order valence-corrected chi connectivity index (χ1v) is 25.0. The summed E-state index contributed by atoms with van der Waals surface area (Å²) in [6.45, 7) is 12.3. The minimum absolute atomic E-state index is 0.268. The van der Waals surface area contributed by atoms with Gasteiger partial charge in [0.15, 0.2) is 26.9 Å². The summed E-state index contributed by atoms with van der Waals surface area (Å²) < 4.78 is 32.0. The Morgan fingerprint density at radius 2 is 1.19 bits per heavy atom. The van der Waals surface area contributed by atoms with Gasteiger partial charge in [0.25, 0.3) is 0 Å². The molecule has 0 saturated heterocycles. The predicted molar refractivity (Wildman–Crippen MR) is 276 cm³/mol. The van der Waals surface area contributed by atoms with Crippen LogP contribution >= 0.6 is 23.2 Å². The normalized spacial score (nSPS) is 17.4. The number of hydrogen-bond acceptors (Lipinski definition) is 6. The minimum Gasteiger partial charge on any atom is -0.497 e. The first-order valence-electron chi connectivity index (χ1n) is 23.0. The maximum atomic E-state index is 7.11. The fourth-order valence-corrected chi connectivity index (χ4v) is 11.9. The van der Waals surface area contributed by atoms with Gasteiger partial charge >= 0.3 is 0 Å². The number of hydrogen-bond donors (Lipinski definition) is 0. The molecule has 10 heteroatoms. The lowest BCUT2D eigenvalue weighted by Crippen LogP contribution is -2.28. The summed E-state index contributed by atoms with van der Waals surface area (Å²) in [5.41, 5.74) is 9.13. The summed E-state index contributed by atoms with van der Waals surface area (Å²) in [6, 6.07) is 37.7. The van der Waals surface area contributed by atoms with Crippen molar-refractivity contribution in [1.82, 2.24) is 0 Å². The molecular formula is C57H62Cl2N2O5S+2. The molecule has 5 aromatic carbocycles. The van der Waals surface area contributed by atoms with Crippen LogP contribution in [0, 0.1) is 0 Å². The van der Waals surface area contributed by atoms with Crippen LogP contribution in [-0.4, -0.2) is 65.0 Å². The van der Waals surface area contributed by atoms with Crippen LogP contribution in [0.5, 0.6) is 17.2 Å². The second kappa shape index (κ2) is 21.0. The Morgan fingerprint density at radius 1 is 0.627 bits per heavy atom. The van der Waals surface area contributed by atoms with E-state index in [9.17, 15) is 0 Å². The summed E-state index contributed by atoms with van der Waals surface area (Å²) in [7, 11) is 6.60. The zero-order valence-corrected chi connectivity index (χ0v) is 42.3. The van der Waals surface area contributed by atoms with Gasteiger partial charge in [-0.2, -0.15) is 4.58 Å². The summed E-state index contributed by atoms with van der Waals surface area (Å²) in [4.78, 5) is 5.95. The maximum Gasteiger partial charge on any atom is 0.210 e. The third-order valence-electron chi connectivity index (χ3n) is 13.2. The topological polar surface area (TPSA) is 52.4 Å². The second-order valence-corrected chi connectivity index (χ2v) is 21.0. The third kappa shape index (κ3) is 10.2. The lowest BCUT2D eigenvalue weighted by molar-refractivity contribution is -0.438. The molecule has 1 aliphatic carbocycles. The molecule has 2 aliphatic heterocycles. The molecule has 8 rings (SSSR count). The zero-order chi connectivity index (χ0) is 47.3. The molecule has 0 N–H and O–H groups in total. The number of rotatable bonds is 18. The Balaban J connectivity index is 1.21.